The molecule has 3 fully saturated rings. The highest BCUT2D eigenvalue weighted by molar-refractivity contribution is 6.37. The number of rotatable bonds is 7. The molecule has 0 radical (unpaired) electrons. The molecule has 248 valence electrons. The molecule has 1 aromatic heterocycles. The summed E-state index contributed by atoms with van der Waals surface area (Å²) in [4.78, 5) is 30.8. The number of anilines is 1. The average molecular weight is 677 g/mol. The number of benzene rings is 3. The van der Waals surface area contributed by atoms with E-state index in [4.69, 9.17) is 27.9 Å². The van der Waals surface area contributed by atoms with Crippen LogP contribution in [0.3, 0.4) is 0 Å². The van der Waals surface area contributed by atoms with Gasteiger partial charge in [-0.25, -0.2) is 19.7 Å². The number of halogens is 4. The smallest absolute Gasteiger partial charge is 0.319 e. The summed E-state index contributed by atoms with van der Waals surface area (Å²) < 4.78 is 52.2. The molecule has 3 aliphatic heterocycles. The van der Waals surface area contributed by atoms with Gasteiger partial charge >= 0.3 is 6.01 Å². The number of aromatic nitrogens is 2. The van der Waals surface area contributed by atoms with Crippen LogP contribution in [0.15, 0.2) is 49.1 Å². The van der Waals surface area contributed by atoms with Crippen molar-refractivity contribution in [3.63, 3.8) is 0 Å². The molecule has 3 aromatic carbocycles. The number of phenolic OH excluding ortho intramolecular Hbond substituents is 1. The Bertz CT molecular complexity index is 2010. The van der Waals surface area contributed by atoms with Gasteiger partial charge in [-0.2, -0.15) is 9.97 Å². The van der Waals surface area contributed by atoms with Gasteiger partial charge in [-0.3, -0.25) is 9.69 Å². The second-order valence-electron chi connectivity index (χ2n) is 12.6. The third-order valence-corrected chi connectivity index (χ3v) is 10.2. The van der Waals surface area contributed by atoms with E-state index < -0.39 is 35.1 Å². The third-order valence-electron chi connectivity index (χ3n) is 9.85. The molecule has 0 unspecified atom stereocenters. The number of piperazine rings is 1. The minimum absolute atomic E-state index is 0.0212. The van der Waals surface area contributed by atoms with Crippen LogP contribution < -0.4 is 9.64 Å². The van der Waals surface area contributed by atoms with Crippen LogP contribution in [0, 0.1) is 18.2 Å². The fourth-order valence-electron chi connectivity index (χ4n) is 7.62. The predicted molar refractivity (Wildman–Crippen MR) is 177 cm³/mol. The number of hydrogen-bond acceptors (Lipinski definition) is 7. The van der Waals surface area contributed by atoms with Gasteiger partial charge in [0.1, 0.15) is 41.7 Å². The highest BCUT2D eigenvalue weighted by Crippen LogP contribution is 2.45. The summed E-state index contributed by atoms with van der Waals surface area (Å²) in [5.41, 5.74) is -0.725. The van der Waals surface area contributed by atoms with Crippen molar-refractivity contribution < 1.29 is 27.8 Å². The van der Waals surface area contributed by atoms with Gasteiger partial charge in [0, 0.05) is 43.4 Å². The molecule has 0 saturated carbocycles. The van der Waals surface area contributed by atoms with Crippen molar-refractivity contribution in [1.29, 1.82) is 0 Å². The van der Waals surface area contributed by atoms with E-state index in [1.54, 1.807) is 23.1 Å². The van der Waals surface area contributed by atoms with Crippen molar-refractivity contribution in [2.75, 3.05) is 50.8 Å². The maximum atomic E-state index is 16.9. The van der Waals surface area contributed by atoms with E-state index in [-0.39, 0.29) is 83.0 Å². The summed E-state index contributed by atoms with van der Waals surface area (Å²) in [5, 5.41) is 12.1. The van der Waals surface area contributed by atoms with Gasteiger partial charge < -0.3 is 24.5 Å². The van der Waals surface area contributed by atoms with E-state index in [9.17, 15) is 18.7 Å². The second kappa shape index (κ2) is 12.5. The summed E-state index contributed by atoms with van der Waals surface area (Å²) in [7, 11) is 0. The van der Waals surface area contributed by atoms with E-state index in [1.807, 2.05) is 4.90 Å². The number of carbonyl (C=O) groups is 1. The number of alkyl halides is 1. The van der Waals surface area contributed by atoms with Crippen molar-refractivity contribution in [1.82, 2.24) is 19.8 Å². The Morgan fingerprint density at radius 3 is 2.83 bits per heavy atom. The molecule has 1 N–H and O–H groups in total. The molecule has 7 rings (SSSR count). The Labute approximate surface area is 280 Å². The summed E-state index contributed by atoms with van der Waals surface area (Å²) >= 11 is 6.38. The molecule has 0 bridgehead atoms. The van der Waals surface area contributed by atoms with E-state index in [2.05, 4.69) is 21.3 Å². The molecular formula is C35H32ClF3N6O3. The Balaban J connectivity index is 1.37. The first-order chi connectivity index (χ1) is 23.1. The number of fused-ring (bicyclic) bond motifs is 3. The number of hydrogen-bond donors (Lipinski definition) is 1. The lowest BCUT2D eigenvalue weighted by Crippen LogP contribution is -2.56. The normalized spacial score (nSPS) is 22.6. The zero-order valence-electron chi connectivity index (χ0n) is 25.9. The SMILES string of the molecule is [C-]#[N+]C[C@H]1CN(c2nc(OC[C@@]34CCCN3C[C@H](F)C4)nc3c(F)c(-c4cccc5ccc(F)c(Cl)c45)c(O)cc23)CCN1C(=O)C=C. The third kappa shape index (κ3) is 5.35. The van der Waals surface area contributed by atoms with Crippen molar-refractivity contribution in [2.45, 2.75) is 37.0 Å². The van der Waals surface area contributed by atoms with E-state index >= 15 is 4.39 Å². The van der Waals surface area contributed by atoms with E-state index in [0.29, 0.717) is 18.4 Å². The molecule has 3 aliphatic rings. The summed E-state index contributed by atoms with van der Waals surface area (Å²) in [5.74, 6) is -2.08. The first-order valence-corrected chi connectivity index (χ1v) is 16.2. The fraction of sp³-hybridized carbons (Fsp3) is 0.371. The average Bonchev–Trinajstić information content (AvgIpc) is 3.61. The molecule has 1 amide bonds. The first-order valence-electron chi connectivity index (χ1n) is 15.8. The van der Waals surface area contributed by atoms with Gasteiger partial charge in [-0.15, -0.1) is 0 Å². The van der Waals surface area contributed by atoms with Crippen molar-refractivity contribution in [3.8, 4) is 22.9 Å². The molecule has 3 atom stereocenters. The van der Waals surface area contributed by atoms with Crippen molar-refractivity contribution in [3.05, 3.63) is 77.1 Å². The van der Waals surface area contributed by atoms with E-state index in [1.165, 1.54) is 24.3 Å². The Kier molecular flexibility index (Phi) is 8.29. The van der Waals surface area contributed by atoms with Crippen LogP contribution in [0.2, 0.25) is 5.02 Å². The van der Waals surface area contributed by atoms with Crippen molar-refractivity contribution >= 4 is 45.0 Å². The highest BCUT2D eigenvalue weighted by Gasteiger charge is 2.49. The highest BCUT2D eigenvalue weighted by atomic mass is 35.5. The molecule has 3 saturated heterocycles. The molecule has 4 aromatic rings. The molecule has 4 heterocycles. The molecular weight excluding hydrogens is 645 g/mol. The van der Waals surface area contributed by atoms with Crippen LogP contribution in [0.4, 0.5) is 19.0 Å². The number of ether oxygens (including phenoxy) is 1. The van der Waals surface area contributed by atoms with Gasteiger partial charge in [-0.1, -0.05) is 42.4 Å². The van der Waals surface area contributed by atoms with Gasteiger partial charge in [0.15, 0.2) is 5.82 Å². The van der Waals surface area contributed by atoms with Crippen LogP contribution in [-0.4, -0.2) is 94.4 Å². The van der Waals surface area contributed by atoms with E-state index in [0.717, 1.165) is 19.4 Å². The predicted octanol–water partition coefficient (Wildman–Crippen LogP) is 6.16. The van der Waals surface area contributed by atoms with Gasteiger partial charge in [-0.05, 0) is 48.5 Å². The second-order valence-corrected chi connectivity index (χ2v) is 13.0. The number of phenols is 1. The van der Waals surface area contributed by atoms with Crippen LogP contribution in [0.1, 0.15) is 19.3 Å². The quantitative estimate of drug-likeness (QED) is 0.185. The molecule has 0 aliphatic carbocycles. The maximum Gasteiger partial charge on any atom is 0.319 e. The van der Waals surface area contributed by atoms with Gasteiger partial charge in [0.2, 0.25) is 12.5 Å². The lowest BCUT2D eigenvalue weighted by atomic mass is 9.95. The van der Waals surface area contributed by atoms with Crippen LogP contribution in [-0.2, 0) is 4.79 Å². The largest absolute Gasteiger partial charge is 0.507 e. The molecule has 0 spiro atoms. The first kappa shape index (κ1) is 32.0. The standard InChI is InChI=1S/C35H32ClF3N6O3/c1-3-27(47)45-13-12-43(18-22(45)16-40-2)33-24-14-26(46)29(23-7-4-6-20-8-9-25(38)30(36)28(20)23)31(39)32(24)41-34(42-33)48-19-35-10-5-11-44(35)17-21(37)15-35/h3-4,6-9,14,21-22,46H,1,5,10-13,15-19H2/t21-,22+,35+/m1/s1. The number of amides is 1. The lowest BCUT2D eigenvalue weighted by Gasteiger charge is -2.39. The van der Waals surface area contributed by atoms with Gasteiger partial charge in [0.25, 0.3) is 0 Å². The zero-order valence-corrected chi connectivity index (χ0v) is 26.7. The van der Waals surface area contributed by atoms with Crippen LogP contribution >= 0.6 is 11.6 Å². The van der Waals surface area contributed by atoms with Crippen LogP contribution in [0.5, 0.6) is 11.8 Å². The van der Waals surface area contributed by atoms with Crippen molar-refractivity contribution in [2.24, 2.45) is 0 Å². The minimum Gasteiger partial charge on any atom is -0.507 e. The number of aromatic hydroxyl groups is 1. The monoisotopic (exact) mass is 676 g/mol. The van der Waals surface area contributed by atoms with Gasteiger partial charge in [0.05, 0.1) is 16.1 Å². The minimum atomic E-state index is -0.976. The maximum absolute atomic E-state index is 16.9. The molecule has 13 heteroatoms. The Morgan fingerprint density at radius 1 is 1.21 bits per heavy atom. The summed E-state index contributed by atoms with van der Waals surface area (Å²) in [6, 6.07) is 8.36. The summed E-state index contributed by atoms with van der Waals surface area (Å²) in [6.07, 6.45) is 2.19. The number of carbonyl (C=O) groups excluding carboxylic acids is 1. The number of nitrogens with zero attached hydrogens (tertiary/aromatic N) is 6. The van der Waals surface area contributed by atoms with Crippen LogP contribution in [0.25, 0.3) is 37.6 Å². The topological polar surface area (TPSA) is 86.4 Å². The Morgan fingerprint density at radius 2 is 2.04 bits per heavy atom. The molecule has 9 nitrogen and oxygen atoms in total. The fourth-order valence-corrected chi connectivity index (χ4v) is 7.90. The summed E-state index contributed by atoms with van der Waals surface area (Å²) in [6.45, 7) is 13.0. The molecule has 48 heavy (non-hydrogen) atoms. The lowest BCUT2D eigenvalue weighted by molar-refractivity contribution is -0.128. The zero-order chi connectivity index (χ0) is 33.7. The Hall–Kier alpha value is -4.60.